The largest absolute Gasteiger partial charge is 0.352 e. The van der Waals surface area contributed by atoms with Gasteiger partial charge in [-0.25, -0.2) is 4.98 Å². The van der Waals surface area contributed by atoms with E-state index in [4.69, 9.17) is 10.2 Å². The van der Waals surface area contributed by atoms with Crippen LogP contribution in [0.4, 0.5) is 5.13 Å². The van der Waals surface area contributed by atoms with Crippen molar-refractivity contribution < 1.29 is 9.59 Å². The van der Waals surface area contributed by atoms with E-state index in [1.807, 2.05) is 31.2 Å². The molecule has 1 unspecified atom stereocenters. The van der Waals surface area contributed by atoms with Crippen molar-refractivity contribution in [3.8, 4) is 17.3 Å². The second-order valence-electron chi connectivity index (χ2n) is 8.93. The van der Waals surface area contributed by atoms with Crippen molar-refractivity contribution in [1.82, 2.24) is 20.9 Å². The first-order chi connectivity index (χ1) is 16.0. The third kappa shape index (κ3) is 6.09. The maximum atomic E-state index is 12.5. The lowest BCUT2D eigenvalue weighted by molar-refractivity contribution is -0.122. The van der Waals surface area contributed by atoms with Gasteiger partial charge in [0, 0.05) is 55.7 Å². The summed E-state index contributed by atoms with van der Waals surface area (Å²) in [5, 5.41) is 21.3. The van der Waals surface area contributed by atoms with Gasteiger partial charge in [-0.2, -0.15) is 5.26 Å². The third-order valence-electron chi connectivity index (χ3n) is 6.12. The number of thiazole rings is 1. The number of anilines is 1. The Hall–Kier alpha value is -2.96. The van der Waals surface area contributed by atoms with Gasteiger partial charge in [-0.05, 0) is 37.3 Å². The zero-order valence-corrected chi connectivity index (χ0v) is 19.7. The number of nitrogens with zero attached hydrogens (tertiary/aromatic N) is 3. The number of nitriles is 1. The summed E-state index contributed by atoms with van der Waals surface area (Å²) in [5.41, 5.74) is 1.90. The molecular weight excluding hydrogens is 436 g/mol. The molecule has 1 aromatic heterocycles. The molecule has 1 atom stereocenters. The summed E-state index contributed by atoms with van der Waals surface area (Å²) < 4.78 is 0. The molecule has 2 fully saturated rings. The average molecular weight is 467 g/mol. The zero-order chi connectivity index (χ0) is 23.3. The molecule has 1 saturated carbocycles. The minimum atomic E-state index is -0.623. The molecule has 0 radical (unpaired) electrons. The molecule has 2 amide bonds. The van der Waals surface area contributed by atoms with Crippen molar-refractivity contribution in [2.24, 2.45) is 5.92 Å². The average Bonchev–Trinajstić information content (AvgIpc) is 3.42. The highest BCUT2D eigenvalue weighted by atomic mass is 32.1. The summed E-state index contributed by atoms with van der Waals surface area (Å²) in [6.07, 6.45) is 2.53. The van der Waals surface area contributed by atoms with E-state index in [9.17, 15) is 9.59 Å². The fraction of sp³-hybridized carbons (Fsp3) is 0.500. The van der Waals surface area contributed by atoms with Crippen LogP contribution in [0.25, 0.3) is 11.3 Å². The molecule has 2 heterocycles. The minimum Gasteiger partial charge on any atom is -0.352 e. The van der Waals surface area contributed by atoms with Crippen molar-refractivity contribution in [3.05, 3.63) is 35.2 Å². The van der Waals surface area contributed by atoms with E-state index in [-0.39, 0.29) is 17.7 Å². The summed E-state index contributed by atoms with van der Waals surface area (Å²) in [5.74, 6) is -0.0956. The van der Waals surface area contributed by atoms with Crippen molar-refractivity contribution in [2.45, 2.75) is 38.1 Å². The van der Waals surface area contributed by atoms with Crippen molar-refractivity contribution >= 4 is 28.3 Å². The van der Waals surface area contributed by atoms with E-state index in [2.05, 4.69) is 32.3 Å². The van der Waals surface area contributed by atoms with Gasteiger partial charge in [-0.3, -0.25) is 9.59 Å². The van der Waals surface area contributed by atoms with E-state index >= 15 is 0 Å². The highest BCUT2D eigenvalue weighted by Crippen LogP contribution is 2.34. The van der Waals surface area contributed by atoms with Crippen LogP contribution >= 0.6 is 11.3 Å². The van der Waals surface area contributed by atoms with Crippen molar-refractivity contribution in [1.29, 1.82) is 5.26 Å². The Bertz CT molecular complexity index is 1020. The lowest BCUT2D eigenvalue weighted by atomic mass is 10.0. The molecule has 3 N–H and O–H groups in total. The number of amides is 2. The molecule has 174 valence electrons. The summed E-state index contributed by atoms with van der Waals surface area (Å²) in [6, 6.07) is 9.67. The SMILES string of the molecule is CC(CCNC(=O)c1ccc(-c2csc(N3CCNCC3)n2)cc1)CC(=O)NC1(C#N)CC1. The molecule has 0 bridgehead atoms. The van der Waals surface area contributed by atoms with Gasteiger partial charge in [0.15, 0.2) is 5.13 Å². The number of hydrogen-bond acceptors (Lipinski definition) is 7. The molecule has 1 saturated heterocycles. The molecule has 1 aliphatic heterocycles. The Morgan fingerprint density at radius 2 is 2.00 bits per heavy atom. The van der Waals surface area contributed by atoms with E-state index in [1.54, 1.807) is 11.3 Å². The van der Waals surface area contributed by atoms with E-state index < -0.39 is 5.54 Å². The Balaban J connectivity index is 1.22. The van der Waals surface area contributed by atoms with Gasteiger partial charge in [0.25, 0.3) is 5.91 Å². The quantitative estimate of drug-likeness (QED) is 0.524. The van der Waals surface area contributed by atoms with Gasteiger partial charge in [0.2, 0.25) is 5.91 Å². The first-order valence-electron chi connectivity index (χ1n) is 11.5. The van der Waals surface area contributed by atoms with Crippen LogP contribution in [0.1, 0.15) is 43.0 Å². The van der Waals surface area contributed by atoms with E-state index in [0.717, 1.165) is 55.4 Å². The maximum Gasteiger partial charge on any atom is 0.251 e. The number of piperazine rings is 1. The van der Waals surface area contributed by atoms with Gasteiger partial charge >= 0.3 is 0 Å². The number of aromatic nitrogens is 1. The van der Waals surface area contributed by atoms with Gasteiger partial charge in [0.1, 0.15) is 5.54 Å². The maximum absolute atomic E-state index is 12.5. The van der Waals surface area contributed by atoms with Crippen molar-refractivity contribution in [2.75, 3.05) is 37.6 Å². The molecule has 0 spiro atoms. The number of benzene rings is 1. The standard InChI is InChI=1S/C24H30N6O2S/c1-17(14-21(31)29-24(16-25)7-8-24)6-9-27-22(32)19-4-2-18(3-5-19)20-15-33-23(28-20)30-12-10-26-11-13-30/h2-5,15,17,26H,6-14H2,1H3,(H,27,32)(H,29,31). The Kier molecular flexibility index (Phi) is 7.26. The molecule has 33 heavy (non-hydrogen) atoms. The Labute approximate surface area is 198 Å². The lowest BCUT2D eigenvalue weighted by Gasteiger charge is -2.26. The molecule has 4 rings (SSSR count). The number of rotatable bonds is 9. The fourth-order valence-corrected chi connectivity index (χ4v) is 4.74. The molecular formula is C24H30N6O2S. The fourth-order valence-electron chi connectivity index (χ4n) is 3.85. The third-order valence-corrected chi connectivity index (χ3v) is 7.02. The summed E-state index contributed by atoms with van der Waals surface area (Å²) in [4.78, 5) is 31.6. The van der Waals surface area contributed by atoms with Crippen LogP contribution < -0.4 is 20.9 Å². The van der Waals surface area contributed by atoms with Crippen LogP contribution in [0.3, 0.4) is 0 Å². The predicted molar refractivity (Wildman–Crippen MR) is 129 cm³/mol. The van der Waals surface area contributed by atoms with Gasteiger partial charge < -0.3 is 20.9 Å². The smallest absolute Gasteiger partial charge is 0.251 e. The Morgan fingerprint density at radius 1 is 1.27 bits per heavy atom. The molecule has 2 aromatic rings. The van der Waals surface area contributed by atoms with Crippen LogP contribution in [0.2, 0.25) is 0 Å². The van der Waals surface area contributed by atoms with E-state index in [1.165, 1.54) is 0 Å². The number of nitrogens with one attached hydrogen (secondary N) is 3. The van der Waals surface area contributed by atoms with E-state index in [0.29, 0.717) is 24.9 Å². The van der Waals surface area contributed by atoms with Gasteiger partial charge in [0.05, 0.1) is 11.8 Å². The van der Waals surface area contributed by atoms with Crippen LogP contribution in [0.5, 0.6) is 0 Å². The lowest BCUT2D eigenvalue weighted by Crippen LogP contribution is -2.43. The summed E-state index contributed by atoms with van der Waals surface area (Å²) in [7, 11) is 0. The van der Waals surface area contributed by atoms with Crippen LogP contribution in [0.15, 0.2) is 29.6 Å². The summed E-state index contributed by atoms with van der Waals surface area (Å²) in [6.45, 7) is 6.37. The van der Waals surface area contributed by atoms with Gasteiger partial charge in [-0.1, -0.05) is 19.1 Å². The van der Waals surface area contributed by atoms with Crippen LogP contribution in [-0.2, 0) is 4.79 Å². The molecule has 2 aliphatic rings. The topological polar surface area (TPSA) is 110 Å². The molecule has 9 heteroatoms. The minimum absolute atomic E-state index is 0.0920. The highest BCUT2D eigenvalue weighted by Gasteiger charge is 2.44. The van der Waals surface area contributed by atoms with Crippen molar-refractivity contribution in [3.63, 3.8) is 0 Å². The van der Waals surface area contributed by atoms with Gasteiger partial charge in [-0.15, -0.1) is 11.3 Å². The van der Waals surface area contributed by atoms with Crippen LogP contribution in [-0.4, -0.2) is 55.1 Å². The first-order valence-corrected chi connectivity index (χ1v) is 12.4. The molecule has 1 aromatic carbocycles. The zero-order valence-electron chi connectivity index (χ0n) is 18.9. The normalized spacial score (nSPS) is 17.6. The van der Waals surface area contributed by atoms with Crippen LogP contribution in [0, 0.1) is 17.2 Å². The molecule has 8 nitrogen and oxygen atoms in total. The highest BCUT2D eigenvalue weighted by molar-refractivity contribution is 7.14. The Morgan fingerprint density at radius 3 is 2.67 bits per heavy atom. The monoisotopic (exact) mass is 466 g/mol. The number of carbonyl (C=O) groups excluding carboxylic acids is 2. The molecule has 1 aliphatic carbocycles. The predicted octanol–water partition coefficient (Wildman–Crippen LogP) is 2.54. The number of hydrogen-bond donors (Lipinski definition) is 3. The second kappa shape index (κ2) is 10.3. The first kappa shape index (κ1) is 23.2. The summed E-state index contributed by atoms with van der Waals surface area (Å²) >= 11 is 1.65. The number of carbonyl (C=O) groups is 2. The second-order valence-corrected chi connectivity index (χ2v) is 9.76.